The van der Waals surface area contributed by atoms with Crippen LogP contribution in [0.3, 0.4) is 0 Å². The first-order chi connectivity index (χ1) is 5.19. The van der Waals surface area contributed by atoms with Crippen LogP contribution in [0.5, 0.6) is 0 Å². The van der Waals surface area contributed by atoms with Crippen molar-refractivity contribution in [2.75, 3.05) is 0 Å². The van der Waals surface area contributed by atoms with Crippen LogP contribution in [-0.2, 0) is 4.74 Å². The molecule has 1 nitrogen and oxygen atoms in total. The maximum atomic E-state index is 5.57. The Hall–Kier alpha value is -0.460. The molecule has 0 fully saturated rings. The van der Waals surface area contributed by atoms with Crippen LogP contribution in [0.4, 0.5) is 0 Å². The molecule has 11 heavy (non-hydrogen) atoms. The van der Waals surface area contributed by atoms with E-state index in [-0.39, 0.29) is 5.60 Å². The van der Waals surface area contributed by atoms with E-state index < -0.39 is 0 Å². The van der Waals surface area contributed by atoms with E-state index in [4.69, 9.17) is 4.74 Å². The van der Waals surface area contributed by atoms with Gasteiger partial charge in [-0.25, -0.2) is 0 Å². The third kappa shape index (κ3) is 1.76. The molecule has 0 saturated heterocycles. The van der Waals surface area contributed by atoms with Crippen molar-refractivity contribution in [3.05, 3.63) is 12.3 Å². The average Bonchev–Trinajstić information content (AvgIpc) is 2.30. The van der Waals surface area contributed by atoms with Gasteiger partial charge in [0.25, 0.3) is 0 Å². The summed E-state index contributed by atoms with van der Waals surface area (Å²) in [4.78, 5) is 0. The minimum Gasteiger partial charge on any atom is -0.495 e. The van der Waals surface area contributed by atoms with Crippen molar-refractivity contribution in [3.63, 3.8) is 0 Å². The molecule has 0 N–H and O–H groups in total. The molecule has 1 heterocycles. The monoisotopic (exact) mass is 154 g/mol. The lowest BCUT2D eigenvalue weighted by Gasteiger charge is -2.28. The quantitative estimate of drug-likeness (QED) is 0.607. The molecule has 0 bridgehead atoms. The number of rotatable bonds is 3. The molecule has 0 aromatic rings. The molecular formula is C10H18O. The van der Waals surface area contributed by atoms with Crippen LogP contribution in [0.15, 0.2) is 12.3 Å². The standard InChI is InChI=1S/C10H18O/c1-4-5-7-10(3)9(2)6-8-11-10/h6,8-9H,4-5,7H2,1-3H3. The number of ether oxygens (including phenoxy) is 1. The van der Waals surface area contributed by atoms with Crippen molar-refractivity contribution >= 4 is 0 Å². The van der Waals surface area contributed by atoms with E-state index in [0.29, 0.717) is 5.92 Å². The minimum atomic E-state index is 0.0933. The first-order valence-corrected chi connectivity index (χ1v) is 4.53. The molecule has 1 rings (SSSR count). The van der Waals surface area contributed by atoms with Crippen molar-refractivity contribution in [2.45, 2.75) is 45.6 Å². The maximum absolute atomic E-state index is 5.57. The zero-order chi connectivity index (χ0) is 8.32. The summed E-state index contributed by atoms with van der Waals surface area (Å²) < 4.78 is 5.57. The van der Waals surface area contributed by atoms with E-state index in [1.165, 1.54) is 19.3 Å². The van der Waals surface area contributed by atoms with Gasteiger partial charge in [0.1, 0.15) is 5.60 Å². The number of hydrogen-bond acceptors (Lipinski definition) is 1. The first kappa shape index (κ1) is 8.63. The van der Waals surface area contributed by atoms with Gasteiger partial charge in [-0.05, 0) is 25.8 Å². The SMILES string of the molecule is CCCCC1(C)OC=CC1C. The molecule has 1 aliphatic rings. The van der Waals surface area contributed by atoms with Crippen LogP contribution in [-0.4, -0.2) is 5.60 Å². The molecule has 0 aliphatic carbocycles. The molecule has 0 aromatic carbocycles. The van der Waals surface area contributed by atoms with Crippen LogP contribution in [0, 0.1) is 5.92 Å². The van der Waals surface area contributed by atoms with Crippen LogP contribution in [0.2, 0.25) is 0 Å². The van der Waals surface area contributed by atoms with Crippen molar-refractivity contribution in [1.82, 2.24) is 0 Å². The van der Waals surface area contributed by atoms with Gasteiger partial charge in [-0.2, -0.15) is 0 Å². The maximum Gasteiger partial charge on any atom is 0.111 e. The second-order valence-corrected chi connectivity index (χ2v) is 3.65. The zero-order valence-corrected chi connectivity index (χ0v) is 7.76. The summed E-state index contributed by atoms with van der Waals surface area (Å²) in [6.07, 6.45) is 7.70. The Labute approximate surface area is 69.4 Å². The Kier molecular flexibility index (Phi) is 2.58. The highest BCUT2D eigenvalue weighted by Gasteiger charge is 2.33. The van der Waals surface area contributed by atoms with Gasteiger partial charge in [0.15, 0.2) is 0 Å². The fraction of sp³-hybridized carbons (Fsp3) is 0.800. The van der Waals surface area contributed by atoms with E-state index in [1.807, 2.05) is 6.26 Å². The van der Waals surface area contributed by atoms with E-state index in [2.05, 4.69) is 26.8 Å². The molecule has 0 aromatic heterocycles. The molecule has 0 radical (unpaired) electrons. The van der Waals surface area contributed by atoms with Gasteiger partial charge in [-0.1, -0.05) is 20.3 Å². The zero-order valence-electron chi connectivity index (χ0n) is 7.76. The van der Waals surface area contributed by atoms with Gasteiger partial charge in [-0.3, -0.25) is 0 Å². The topological polar surface area (TPSA) is 9.23 Å². The molecular weight excluding hydrogens is 136 g/mol. The predicted octanol–water partition coefficient (Wildman–Crippen LogP) is 3.12. The summed E-state index contributed by atoms with van der Waals surface area (Å²) in [7, 11) is 0. The molecule has 1 heteroatoms. The number of unbranched alkanes of at least 4 members (excludes halogenated alkanes) is 1. The van der Waals surface area contributed by atoms with Crippen molar-refractivity contribution in [1.29, 1.82) is 0 Å². The fourth-order valence-corrected chi connectivity index (χ4v) is 1.44. The van der Waals surface area contributed by atoms with E-state index in [1.54, 1.807) is 0 Å². The Balaban J connectivity index is 2.41. The van der Waals surface area contributed by atoms with Crippen LogP contribution < -0.4 is 0 Å². The van der Waals surface area contributed by atoms with Gasteiger partial charge >= 0.3 is 0 Å². The van der Waals surface area contributed by atoms with Gasteiger partial charge in [0.2, 0.25) is 0 Å². The van der Waals surface area contributed by atoms with E-state index >= 15 is 0 Å². The highest BCUT2D eigenvalue weighted by molar-refractivity contribution is 5.00. The van der Waals surface area contributed by atoms with Gasteiger partial charge in [0, 0.05) is 5.92 Å². The Morgan fingerprint density at radius 3 is 2.73 bits per heavy atom. The summed E-state index contributed by atoms with van der Waals surface area (Å²) in [6, 6.07) is 0. The molecule has 2 unspecified atom stereocenters. The third-order valence-corrected chi connectivity index (χ3v) is 2.69. The predicted molar refractivity (Wildman–Crippen MR) is 47.3 cm³/mol. The summed E-state index contributed by atoms with van der Waals surface area (Å²) >= 11 is 0. The van der Waals surface area contributed by atoms with Crippen molar-refractivity contribution < 1.29 is 4.74 Å². The summed E-state index contributed by atoms with van der Waals surface area (Å²) in [5.41, 5.74) is 0.0933. The molecule has 0 spiro atoms. The molecule has 2 atom stereocenters. The van der Waals surface area contributed by atoms with Gasteiger partial charge < -0.3 is 4.74 Å². The Bertz CT molecular complexity index is 151. The lowest BCUT2D eigenvalue weighted by atomic mass is 9.87. The van der Waals surface area contributed by atoms with Crippen LogP contribution in [0.1, 0.15) is 40.0 Å². The first-order valence-electron chi connectivity index (χ1n) is 4.53. The van der Waals surface area contributed by atoms with Crippen molar-refractivity contribution in [3.8, 4) is 0 Å². The normalized spacial score (nSPS) is 35.7. The van der Waals surface area contributed by atoms with Crippen molar-refractivity contribution in [2.24, 2.45) is 5.92 Å². The Morgan fingerprint density at radius 2 is 2.27 bits per heavy atom. The van der Waals surface area contributed by atoms with E-state index in [9.17, 15) is 0 Å². The average molecular weight is 154 g/mol. The highest BCUT2D eigenvalue weighted by Crippen LogP contribution is 2.33. The minimum absolute atomic E-state index is 0.0933. The second kappa shape index (κ2) is 3.29. The third-order valence-electron chi connectivity index (χ3n) is 2.69. The molecule has 0 saturated carbocycles. The van der Waals surface area contributed by atoms with Gasteiger partial charge in [0.05, 0.1) is 6.26 Å². The lowest BCUT2D eigenvalue weighted by Crippen LogP contribution is -2.29. The smallest absolute Gasteiger partial charge is 0.111 e. The largest absolute Gasteiger partial charge is 0.495 e. The van der Waals surface area contributed by atoms with Gasteiger partial charge in [-0.15, -0.1) is 0 Å². The van der Waals surface area contributed by atoms with Crippen LogP contribution >= 0.6 is 0 Å². The summed E-state index contributed by atoms with van der Waals surface area (Å²) in [6.45, 7) is 6.64. The van der Waals surface area contributed by atoms with Crippen LogP contribution in [0.25, 0.3) is 0 Å². The summed E-state index contributed by atoms with van der Waals surface area (Å²) in [5.74, 6) is 0.578. The molecule has 64 valence electrons. The second-order valence-electron chi connectivity index (χ2n) is 3.65. The highest BCUT2D eigenvalue weighted by atomic mass is 16.5. The van der Waals surface area contributed by atoms with E-state index in [0.717, 1.165) is 0 Å². The molecule has 1 aliphatic heterocycles. The Morgan fingerprint density at radius 1 is 1.55 bits per heavy atom. The lowest BCUT2D eigenvalue weighted by molar-refractivity contribution is 0.0218. The number of hydrogen-bond donors (Lipinski definition) is 0. The summed E-state index contributed by atoms with van der Waals surface area (Å²) in [5, 5.41) is 0. The molecule has 0 amide bonds. The fourth-order valence-electron chi connectivity index (χ4n) is 1.44.